The number of hydrogen-bond donors (Lipinski definition) is 2. The first-order valence-electron chi connectivity index (χ1n) is 6.78. The lowest BCUT2D eigenvalue weighted by Gasteiger charge is -2.19. The van der Waals surface area contributed by atoms with Crippen LogP contribution in [0.2, 0.25) is 0 Å². The van der Waals surface area contributed by atoms with E-state index < -0.39 is 0 Å². The molecule has 2 rings (SSSR count). The molecule has 0 amide bonds. The molecule has 0 saturated carbocycles. The van der Waals surface area contributed by atoms with Crippen LogP contribution in [-0.2, 0) is 5.41 Å². The Kier molecular flexibility index (Phi) is 4.26. The van der Waals surface area contributed by atoms with Gasteiger partial charge in [0.15, 0.2) is 0 Å². The third kappa shape index (κ3) is 3.81. The van der Waals surface area contributed by atoms with Crippen LogP contribution in [0.15, 0.2) is 24.3 Å². The van der Waals surface area contributed by atoms with Gasteiger partial charge in [0, 0.05) is 12.7 Å². The highest BCUT2D eigenvalue weighted by molar-refractivity contribution is 5.55. The van der Waals surface area contributed by atoms with Crippen LogP contribution in [0.3, 0.4) is 0 Å². The van der Waals surface area contributed by atoms with Crippen LogP contribution >= 0.6 is 0 Å². The van der Waals surface area contributed by atoms with E-state index in [4.69, 9.17) is 4.74 Å². The van der Waals surface area contributed by atoms with E-state index in [0.717, 1.165) is 5.69 Å². The minimum absolute atomic E-state index is 0.133. The predicted octanol–water partition coefficient (Wildman–Crippen LogP) is 2.96. The molecule has 1 heterocycles. The van der Waals surface area contributed by atoms with Crippen molar-refractivity contribution in [3.8, 4) is 6.01 Å². The molecule has 2 aromatic rings. The number of anilines is 3. The van der Waals surface area contributed by atoms with Gasteiger partial charge in [-0.05, 0) is 23.1 Å². The molecule has 0 fully saturated rings. The van der Waals surface area contributed by atoms with Crippen LogP contribution in [0.5, 0.6) is 6.01 Å². The van der Waals surface area contributed by atoms with E-state index in [2.05, 4.69) is 58.5 Å². The maximum atomic E-state index is 5.06. The van der Waals surface area contributed by atoms with Crippen LogP contribution < -0.4 is 15.4 Å². The maximum absolute atomic E-state index is 5.06. The van der Waals surface area contributed by atoms with Gasteiger partial charge >= 0.3 is 6.01 Å². The van der Waals surface area contributed by atoms with E-state index in [1.807, 2.05) is 12.1 Å². The van der Waals surface area contributed by atoms with Gasteiger partial charge in [-0.3, -0.25) is 0 Å². The first-order valence-corrected chi connectivity index (χ1v) is 6.78. The van der Waals surface area contributed by atoms with Crippen LogP contribution in [0, 0.1) is 0 Å². The first kappa shape index (κ1) is 15.0. The van der Waals surface area contributed by atoms with Crippen molar-refractivity contribution in [2.45, 2.75) is 26.2 Å². The summed E-state index contributed by atoms with van der Waals surface area (Å²) >= 11 is 0. The summed E-state index contributed by atoms with van der Waals surface area (Å²) in [5, 5.41) is 6.02. The van der Waals surface area contributed by atoms with Gasteiger partial charge in [0.2, 0.25) is 11.9 Å². The quantitative estimate of drug-likeness (QED) is 0.900. The molecule has 112 valence electrons. The minimum atomic E-state index is 0.133. The summed E-state index contributed by atoms with van der Waals surface area (Å²) in [6, 6.07) is 8.48. The van der Waals surface area contributed by atoms with Crippen molar-refractivity contribution in [1.29, 1.82) is 0 Å². The van der Waals surface area contributed by atoms with Crippen molar-refractivity contribution >= 4 is 17.6 Å². The molecule has 0 bridgehead atoms. The highest BCUT2D eigenvalue weighted by Crippen LogP contribution is 2.24. The summed E-state index contributed by atoms with van der Waals surface area (Å²) in [4.78, 5) is 12.5. The lowest BCUT2D eigenvalue weighted by atomic mass is 9.87. The fourth-order valence-corrected chi connectivity index (χ4v) is 1.80. The molecule has 1 aromatic heterocycles. The van der Waals surface area contributed by atoms with Gasteiger partial charge < -0.3 is 15.4 Å². The van der Waals surface area contributed by atoms with Gasteiger partial charge in [0.05, 0.1) is 7.11 Å². The van der Waals surface area contributed by atoms with Crippen molar-refractivity contribution in [1.82, 2.24) is 15.0 Å². The summed E-state index contributed by atoms with van der Waals surface area (Å²) in [5.41, 5.74) is 2.32. The number of rotatable bonds is 4. The number of ether oxygens (including phenoxy) is 1. The fourth-order valence-electron chi connectivity index (χ4n) is 1.80. The molecule has 6 nitrogen and oxygen atoms in total. The SMILES string of the molecule is CNc1nc(Nc2ccc(C(C)(C)C)cc2)nc(OC)n1. The van der Waals surface area contributed by atoms with Crippen LogP contribution in [0.1, 0.15) is 26.3 Å². The number of nitrogens with zero attached hydrogens (tertiary/aromatic N) is 3. The van der Waals surface area contributed by atoms with Crippen molar-refractivity contribution in [2.24, 2.45) is 0 Å². The number of nitrogens with one attached hydrogen (secondary N) is 2. The third-order valence-corrected chi connectivity index (χ3v) is 3.03. The van der Waals surface area contributed by atoms with Gasteiger partial charge in [0.25, 0.3) is 0 Å². The van der Waals surface area contributed by atoms with E-state index in [0.29, 0.717) is 11.9 Å². The molecule has 2 N–H and O–H groups in total. The monoisotopic (exact) mass is 287 g/mol. The Morgan fingerprint density at radius 2 is 1.57 bits per heavy atom. The average Bonchev–Trinajstić information content (AvgIpc) is 2.46. The van der Waals surface area contributed by atoms with E-state index in [1.54, 1.807) is 7.05 Å². The molecular weight excluding hydrogens is 266 g/mol. The Balaban J connectivity index is 2.22. The highest BCUT2D eigenvalue weighted by atomic mass is 16.5. The standard InChI is InChI=1S/C15H21N5O/c1-15(2,3)10-6-8-11(9-7-10)17-13-18-12(16-4)19-14(20-13)21-5/h6-9H,1-5H3,(H2,16,17,18,19,20). The number of methoxy groups -OCH3 is 1. The van der Waals surface area contributed by atoms with Gasteiger partial charge in [0.1, 0.15) is 0 Å². The normalized spacial score (nSPS) is 11.1. The Hall–Kier alpha value is -2.37. The summed E-state index contributed by atoms with van der Waals surface area (Å²) in [7, 11) is 3.27. The second kappa shape index (κ2) is 5.95. The summed E-state index contributed by atoms with van der Waals surface area (Å²) in [6.45, 7) is 6.56. The second-order valence-corrected chi connectivity index (χ2v) is 5.67. The Labute approximate surface area is 125 Å². The van der Waals surface area contributed by atoms with Gasteiger partial charge in [-0.15, -0.1) is 0 Å². The molecule has 6 heteroatoms. The lowest BCUT2D eigenvalue weighted by Crippen LogP contribution is -2.10. The fraction of sp³-hybridized carbons (Fsp3) is 0.400. The summed E-state index contributed by atoms with van der Waals surface area (Å²) in [5.74, 6) is 0.894. The zero-order valence-corrected chi connectivity index (χ0v) is 13.1. The molecule has 0 spiro atoms. The molecule has 0 aliphatic rings. The Bertz CT molecular complexity index is 582. The zero-order chi connectivity index (χ0) is 15.5. The van der Waals surface area contributed by atoms with Crippen LogP contribution in [0.4, 0.5) is 17.6 Å². The van der Waals surface area contributed by atoms with E-state index in [1.165, 1.54) is 12.7 Å². The molecule has 0 atom stereocenters. The third-order valence-electron chi connectivity index (χ3n) is 3.03. The van der Waals surface area contributed by atoms with Crippen LogP contribution in [0.25, 0.3) is 0 Å². The average molecular weight is 287 g/mol. The van der Waals surface area contributed by atoms with E-state index in [9.17, 15) is 0 Å². The summed E-state index contributed by atoms with van der Waals surface area (Å²) in [6.07, 6.45) is 0. The Morgan fingerprint density at radius 1 is 0.952 bits per heavy atom. The molecule has 21 heavy (non-hydrogen) atoms. The van der Waals surface area contributed by atoms with Crippen molar-refractivity contribution in [3.05, 3.63) is 29.8 Å². The minimum Gasteiger partial charge on any atom is -0.467 e. The van der Waals surface area contributed by atoms with Gasteiger partial charge in [-0.2, -0.15) is 15.0 Å². The van der Waals surface area contributed by atoms with Crippen molar-refractivity contribution < 1.29 is 4.74 Å². The number of aromatic nitrogens is 3. The molecule has 0 aliphatic carbocycles. The van der Waals surface area contributed by atoms with E-state index >= 15 is 0 Å². The topological polar surface area (TPSA) is 72.0 Å². The van der Waals surface area contributed by atoms with Crippen molar-refractivity contribution in [3.63, 3.8) is 0 Å². The summed E-state index contributed by atoms with van der Waals surface area (Å²) < 4.78 is 5.06. The molecule has 0 saturated heterocycles. The zero-order valence-electron chi connectivity index (χ0n) is 13.1. The predicted molar refractivity (Wildman–Crippen MR) is 84.4 cm³/mol. The second-order valence-electron chi connectivity index (χ2n) is 5.67. The highest BCUT2D eigenvalue weighted by Gasteiger charge is 2.13. The number of hydrogen-bond acceptors (Lipinski definition) is 6. The molecular formula is C15H21N5O. The lowest BCUT2D eigenvalue weighted by molar-refractivity contribution is 0.379. The van der Waals surface area contributed by atoms with Crippen molar-refractivity contribution in [2.75, 3.05) is 24.8 Å². The largest absolute Gasteiger partial charge is 0.467 e. The molecule has 0 unspecified atom stereocenters. The van der Waals surface area contributed by atoms with Gasteiger partial charge in [-0.1, -0.05) is 32.9 Å². The Morgan fingerprint density at radius 3 is 2.10 bits per heavy atom. The molecule has 0 radical (unpaired) electrons. The van der Waals surface area contributed by atoms with Crippen LogP contribution in [-0.4, -0.2) is 29.1 Å². The maximum Gasteiger partial charge on any atom is 0.322 e. The molecule has 1 aromatic carbocycles. The smallest absolute Gasteiger partial charge is 0.322 e. The molecule has 0 aliphatic heterocycles. The van der Waals surface area contributed by atoms with Gasteiger partial charge in [-0.25, -0.2) is 0 Å². The first-order chi connectivity index (χ1) is 9.92. The number of benzene rings is 1. The van der Waals surface area contributed by atoms with E-state index in [-0.39, 0.29) is 11.4 Å².